The van der Waals surface area contributed by atoms with Crippen molar-refractivity contribution < 1.29 is 24.9 Å². The summed E-state index contributed by atoms with van der Waals surface area (Å²) in [6, 6.07) is 0. The van der Waals surface area contributed by atoms with Gasteiger partial charge in [0.2, 0.25) is 0 Å². The fraction of sp³-hybridized carbons (Fsp3) is 0.800. The van der Waals surface area contributed by atoms with Crippen molar-refractivity contribution in [1.29, 1.82) is 0 Å². The molecule has 0 aromatic rings. The van der Waals surface area contributed by atoms with Crippen molar-refractivity contribution in [3.8, 4) is 0 Å². The molecule has 1 saturated carbocycles. The third-order valence-corrected chi connectivity index (χ3v) is 8.88. The van der Waals surface area contributed by atoms with Gasteiger partial charge in [-0.15, -0.1) is 0 Å². The SMILES string of the molecule is CCCCCCCCCCCCCC(=O)CC1C=CC23CCCCC(C=C(CO)C(O)C12O)C3=O. The first-order valence-corrected chi connectivity index (χ1v) is 14.4. The van der Waals surface area contributed by atoms with Crippen molar-refractivity contribution in [3.05, 3.63) is 23.8 Å². The van der Waals surface area contributed by atoms with Gasteiger partial charge in [0.1, 0.15) is 17.5 Å². The Bertz CT molecular complexity index is 771. The predicted molar refractivity (Wildman–Crippen MR) is 139 cm³/mol. The van der Waals surface area contributed by atoms with E-state index in [1.54, 1.807) is 18.2 Å². The van der Waals surface area contributed by atoms with E-state index in [0.717, 1.165) is 32.1 Å². The summed E-state index contributed by atoms with van der Waals surface area (Å²) in [6.45, 7) is 1.84. The van der Waals surface area contributed by atoms with Gasteiger partial charge in [0.15, 0.2) is 5.78 Å². The molecule has 5 nitrogen and oxygen atoms in total. The number of carbonyl (C=O) groups is 2. The lowest BCUT2D eigenvalue weighted by atomic mass is 9.61. The summed E-state index contributed by atoms with van der Waals surface area (Å²) in [7, 11) is 0. The summed E-state index contributed by atoms with van der Waals surface area (Å²) in [5.41, 5.74) is -2.64. The number of aliphatic hydroxyl groups is 3. The van der Waals surface area contributed by atoms with Gasteiger partial charge in [-0.05, 0) is 24.8 Å². The van der Waals surface area contributed by atoms with Crippen LogP contribution in [0.4, 0.5) is 0 Å². The topological polar surface area (TPSA) is 94.8 Å². The number of fused-ring (bicyclic) bond motifs is 1. The number of ketones is 2. The molecule has 0 aliphatic heterocycles. The maximum absolute atomic E-state index is 13.5. The van der Waals surface area contributed by atoms with Crippen LogP contribution in [0.15, 0.2) is 23.8 Å². The molecular weight excluding hydrogens is 440 g/mol. The van der Waals surface area contributed by atoms with Crippen LogP contribution >= 0.6 is 0 Å². The van der Waals surface area contributed by atoms with Gasteiger partial charge in [-0.3, -0.25) is 9.59 Å². The number of carbonyl (C=O) groups excluding carboxylic acids is 2. The number of rotatable bonds is 15. The zero-order valence-corrected chi connectivity index (χ0v) is 21.9. The Balaban J connectivity index is 1.49. The van der Waals surface area contributed by atoms with Gasteiger partial charge < -0.3 is 15.3 Å². The lowest BCUT2D eigenvalue weighted by Crippen LogP contribution is -2.60. The highest BCUT2D eigenvalue weighted by atomic mass is 16.3. The lowest BCUT2D eigenvalue weighted by Gasteiger charge is -2.46. The van der Waals surface area contributed by atoms with E-state index in [-0.39, 0.29) is 18.0 Å². The van der Waals surface area contributed by atoms with Gasteiger partial charge in [-0.2, -0.15) is 0 Å². The highest BCUT2D eigenvalue weighted by Gasteiger charge is 2.66. The van der Waals surface area contributed by atoms with Crippen LogP contribution in [0, 0.1) is 17.3 Å². The molecule has 0 amide bonds. The van der Waals surface area contributed by atoms with Crippen molar-refractivity contribution in [3.63, 3.8) is 0 Å². The number of hydrogen-bond acceptors (Lipinski definition) is 5. The number of hydrogen-bond donors (Lipinski definition) is 3. The maximum Gasteiger partial charge on any atom is 0.152 e. The molecule has 35 heavy (non-hydrogen) atoms. The summed E-state index contributed by atoms with van der Waals surface area (Å²) in [4.78, 5) is 26.4. The molecule has 5 heteroatoms. The molecule has 3 aliphatic carbocycles. The largest absolute Gasteiger partial charge is 0.392 e. The van der Waals surface area contributed by atoms with Crippen molar-refractivity contribution in [1.82, 2.24) is 0 Å². The number of aliphatic hydroxyl groups excluding tert-OH is 2. The summed E-state index contributed by atoms with van der Waals surface area (Å²) in [6.07, 6.45) is 20.8. The Morgan fingerprint density at radius 2 is 1.63 bits per heavy atom. The first-order valence-electron chi connectivity index (χ1n) is 14.4. The van der Waals surface area contributed by atoms with Crippen LogP contribution < -0.4 is 0 Å². The zero-order chi connectivity index (χ0) is 25.3. The molecule has 2 bridgehead atoms. The van der Waals surface area contributed by atoms with Crippen LogP contribution in [0.25, 0.3) is 0 Å². The van der Waals surface area contributed by atoms with E-state index in [1.807, 2.05) is 0 Å². The van der Waals surface area contributed by atoms with E-state index in [1.165, 1.54) is 51.4 Å². The molecule has 5 unspecified atom stereocenters. The standard InChI is InChI=1S/C30H48O5/c1-2-3-4-5-6-7-8-9-10-11-12-16-26(32)21-25-17-19-29-18-14-13-15-23(27(29)33)20-24(22-31)28(34)30(25,29)35/h17,19-20,23,25,28,31,34-35H,2-16,18,21-22H2,1H3. The van der Waals surface area contributed by atoms with Crippen molar-refractivity contribution in [2.45, 2.75) is 128 Å². The van der Waals surface area contributed by atoms with E-state index in [0.29, 0.717) is 24.8 Å². The second kappa shape index (κ2) is 13.3. The Morgan fingerprint density at radius 3 is 2.26 bits per heavy atom. The van der Waals surface area contributed by atoms with Gasteiger partial charge in [0, 0.05) is 24.7 Å². The molecule has 0 aromatic heterocycles. The Morgan fingerprint density at radius 1 is 1.00 bits per heavy atom. The van der Waals surface area contributed by atoms with Crippen molar-refractivity contribution in [2.24, 2.45) is 17.3 Å². The van der Waals surface area contributed by atoms with Crippen LogP contribution in [0.1, 0.15) is 116 Å². The molecule has 1 spiro atoms. The van der Waals surface area contributed by atoms with E-state index < -0.39 is 35.6 Å². The van der Waals surface area contributed by atoms with Crippen LogP contribution in [0.5, 0.6) is 0 Å². The minimum Gasteiger partial charge on any atom is -0.392 e. The van der Waals surface area contributed by atoms with E-state index in [9.17, 15) is 24.9 Å². The summed E-state index contributed by atoms with van der Waals surface area (Å²) in [5, 5.41) is 33.1. The molecule has 5 atom stereocenters. The smallest absolute Gasteiger partial charge is 0.152 e. The lowest BCUT2D eigenvalue weighted by molar-refractivity contribution is -0.168. The van der Waals surface area contributed by atoms with Gasteiger partial charge in [-0.1, -0.05) is 102 Å². The third kappa shape index (κ3) is 6.17. The molecule has 0 radical (unpaired) electrons. The summed E-state index contributed by atoms with van der Waals surface area (Å²) < 4.78 is 0. The van der Waals surface area contributed by atoms with Crippen LogP contribution in [0.3, 0.4) is 0 Å². The minimum absolute atomic E-state index is 0.0726. The van der Waals surface area contributed by atoms with Gasteiger partial charge in [0.05, 0.1) is 12.0 Å². The first-order chi connectivity index (χ1) is 16.9. The second-order valence-electron chi connectivity index (χ2n) is 11.3. The fourth-order valence-corrected chi connectivity index (χ4v) is 6.74. The Hall–Kier alpha value is -1.30. The minimum atomic E-state index is -1.77. The molecule has 1 fully saturated rings. The van der Waals surface area contributed by atoms with Crippen LogP contribution in [0.2, 0.25) is 0 Å². The molecule has 3 rings (SSSR count). The predicted octanol–water partition coefficient (Wildman–Crippen LogP) is 5.60. The fourth-order valence-electron chi connectivity index (χ4n) is 6.74. The molecule has 0 aromatic carbocycles. The van der Waals surface area contributed by atoms with Gasteiger partial charge >= 0.3 is 0 Å². The number of Topliss-reactive ketones (excluding diaryl/α,β-unsaturated/α-hetero) is 2. The van der Waals surface area contributed by atoms with Crippen LogP contribution in [-0.4, -0.2) is 45.2 Å². The molecule has 0 heterocycles. The van der Waals surface area contributed by atoms with E-state index >= 15 is 0 Å². The molecule has 198 valence electrons. The maximum atomic E-state index is 13.5. The highest BCUT2D eigenvalue weighted by molar-refractivity contribution is 5.94. The molecule has 3 N–H and O–H groups in total. The second-order valence-corrected chi connectivity index (χ2v) is 11.3. The van der Waals surface area contributed by atoms with E-state index in [2.05, 4.69) is 6.92 Å². The molecular formula is C30H48O5. The molecule has 0 saturated heterocycles. The monoisotopic (exact) mass is 488 g/mol. The van der Waals surface area contributed by atoms with Crippen molar-refractivity contribution >= 4 is 11.6 Å². The number of unbranched alkanes of at least 4 members (excludes halogenated alkanes) is 10. The average molecular weight is 489 g/mol. The third-order valence-electron chi connectivity index (χ3n) is 8.88. The van der Waals surface area contributed by atoms with Gasteiger partial charge in [0.25, 0.3) is 0 Å². The normalized spacial score (nSPS) is 32.2. The van der Waals surface area contributed by atoms with E-state index in [4.69, 9.17) is 0 Å². The quantitative estimate of drug-likeness (QED) is 0.206. The average Bonchev–Trinajstić information content (AvgIpc) is 3.00. The van der Waals surface area contributed by atoms with Crippen LogP contribution in [-0.2, 0) is 9.59 Å². The molecule has 3 aliphatic rings. The summed E-state index contributed by atoms with van der Waals surface area (Å²) >= 11 is 0. The summed E-state index contributed by atoms with van der Waals surface area (Å²) in [5.74, 6) is -1.02. The zero-order valence-electron chi connectivity index (χ0n) is 21.9. The Labute approximate surface area is 212 Å². The van der Waals surface area contributed by atoms with Crippen molar-refractivity contribution in [2.75, 3.05) is 6.61 Å². The first kappa shape index (κ1) is 28.3. The van der Waals surface area contributed by atoms with Gasteiger partial charge in [-0.25, -0.2) is 0 Å². The number of allylic oxidation sites excluding steroid dienone is 1. The highest BCUT2D eigenvalue weighted by Crippen LogP contribution is 2.57. The Kier molecular flexibility index (Phi) is 10.7.